The first-order valence-corrected chi connectivity index (χ1v) is 4.48. The average Bonchev–Trinajstić information content (AvgIpc) is 1.85. The molecule has 11 heavy (non-hydrogen) atoms. The summed E-state index contributed by atoms with van der Waals surface area (Å²) in [7, 11) is 1.35. The molecule has 0 saturated carbocycles. The molecule has 66 valence electrons. The maximum absolute atomic E-state index is 10.6. The fourth-order valence-electron chi connectivity index (χ4n) is 0.443. The summed E-state index contributed by atoms with van der Waals surface area (Å²) in [6.45, 7) is 3.41. The van der Waals surface area contributed by atoms with Crippen LogP contribution in [-0.4, -0.2) is 35.3 Å². The number of hydrogen-bond acceptors (Lipinski definition) is 4. The van der Waals surface area contributed by atoms with Gasteiger partial charge in [-0.3, -0.25) is 4.79 Å². The van der Waals surface area contributed by atoms with Crippen LogP contribution in [0.3, 0.4) is 0 Å². The lowest BCUT2D eigenvalue weighted by atomic mass is 10.2. The highest BCUT2D eigenvalue weighted by Crippen LogP contribution is 2.11. The molecule has 0 unspecified atom stereocenters. The Hall–Kier alpha value is -0.220. The van der Waals surface area contributed by atoms with Crippen LogP contribution in [0.4, 0.5) is 0 Å². The Morgan fingerprint density at radius 3 is 2.55 bits per heavy atom. The lowest BCUT2D eigenvalue weighted by Crippen LogP contribution is -2.22. The Morgan fingerprint density at radius 1 is 1.64 bits per heavy atom. The highest BCUT2D eigenvalue weighted by atomic mass is 32.2. The van der Waals surface area contributed by atoms with Gasteiger partial charge >= 0.3 is 5.97 Å². The molecule has 0 amide bonds. The van der Waals surface area contributed by atoms with Crippen molar-refractivity contribution in [2.24, 2.45) is 0 Å². The van der Waals surface area contributed by atoms with Crippen LogP contribution in [0.5, 0.6) is 0 Å². The van der Waals surface area contributed by atoms with Gasteiger partial charge in [0.05, 0.1) is 18.5 Å². The van der Waals surface area contributed by atoms with Crippen LogP contribution in [0.1, 0.15) is 13.8 Å². The molecular formula is C7H14O3S. The first-order valence-electron chi connectivity index (χ1n) is 3.32. The predicted octanol–water partition coefficient (Wildman–Crippen LogP) is 0.663. The van der Waals surface area contributed by atoms with Gasteiger partial charge in [0.2, 0.25) is 0 Å². The zero-order valence-corrected chi connectivity index (χ0v) is 7.90. The summed E-state index contributed by atoms with van der Waals surface area (Å²) in [5.74, 6) is 0.599. The number of thioether (sulfide) groups is 1. The van der Waals surface area contributed by atoms with Crippen LogP contribution in [0.15, 0.2) is 0 Å². The molecule has 4 heteroatoms. The van der Waals surface area contributed by atoms with Gasteiger partial charge in [-0.1, -0.05) is 0 Å². The van der Waals surface area contributed by atoms with Crippen molar-refractivity contribution < 1.29 is 14.6 Å². The molecule has 0 fully saturated rings. The van der Waals surface area contributed by atoms with Gasteiger partial charge in [-0.2, -0.15) is 0 Å². The van der Waals surface area contributed by atoms with Crippen molar-refractivity contribution in [2.75, 3.05) is 18.6 Å². The lowest BCUT2D eigenvalue weighted by Gasteiger charge is -2.15. The molecule has 0 aromatic carbocycles. The first-order chi connectivity index (χ1) is 4.95. The summed E-state index contributed by atoms with van der Waals surface area (Å²) >= 11 is 1.37. The van der Waals surface area contributed by atoms with Gasteiger partial charge in [0, 0.05) is 5.75 Å². The van der Waals surface area contributed by atoms with Crippen molar-refractivity contribution in [2.45, 2.75) is 19.4 Å². The van der Waals surface area contributed by atoms with Crippen LogP contribution < -0.4 is 0 Å². The van der Waals surface area contributed by atoms with Crippen molar-refractivity contribution in [3.8, 4) is 0 Å². The smallest absolute Gasteiger partial charge is 0.315 e. The second-order valence-corrected chi connectivity index (χ2v) is 3.87. The minimum Gasteiger partial charge on any atom is -0.468 e. The number of aliphatic hydroxyl groups is 1. The van der Waals surface area contributed by atoms with E-state index in [1.165, 1.54) is 18.9 Å². The third-order valence-electron chi connectivity index (χ3n) is 0.903. The highest BCUT2D eigenvalue weighted by molar-refractivity contribution is 8.00. The Bertz CT molecular complexity index is 128. The normalized spacial score (nSPS) is 11.3. The predicted molar refractivity (Wildman–Crippen MR) is 45.6 cm³/mol. The molecule has 0 atom stereocenters. The van der Waals surface area contributed by atoms with E-state index in [2.05, 4.69) is 4.74 Å². The van der Waals surface area contributed by atoms with Gasteiger partial charge in [-0.25, -0.2) is 0 Å². The van der Waals surface area contributed by atoms with E-state index in [4.69, 9.17) is 0 Å². The molecule has 0 aliphatic carbocycles. The van der Waals surface area contributed by atoms with Gasteiger partial charge in [0.25, 0.3) is 0 Å². The van der Waals surface area contributed by atoms with Crippen molar-refractivity contribution in [1.29, 1.82) is 0 Å². The van der Waals surface area contributed by atoms with Crippen LogP contribution in [0.25, 0.3) is 0 Å². The number of methoxy groups -OCH3 is 1. The van der Waals surface area contributed by atoms with E-state index in [1.54, 1.807) is 13.8 Å². The number of ether oxygens (including phenoxy) is 1. The number of esters is 1. The van der Waals surface area contributed by atoms with Gasteiger partial charge in [-0.05, 0) is 13.8 Å². The topological polar surface area (TPSA) is 46.5 Å². The lowest BCUT2D eigenvalue weighted by molar-refractivity contribution is -0.137. The molecule has 0 aliphatic heterocycles. The van der Waals surface area contributed by atoms with Crippen LogP contribution in [-0.2, 0) is 9.53 Å². The van der Waals surface area contributed by atoms with Gasteiger partial charge < -0.3 is 9.84 Å². The molecule has 0 aromatic rings. The second kappa shape index (κ2) is 4.62. The van der Waals surface area contributed by atoms with Gasteiger partial charge in [0.1, 0.15) is 0 Å². The van der Waals surface area contributed by atoms with Crippen molar-refractivity contribution in [1.82, 2.24) is 0 Å². The largest absolute Gasteiger partial charge is 0.468 e. The third kappa shape index (κ3) is 7.68. The molecule has 0 heterocycles. The maximum atomic E-state index is 10.6. The van der Waals surface area contributed by atoms with Crippen molar-refractivity contribution >= 4 is 17.7 Å². The minimum atomic E-state index is -0.710. The molecule has 0 radical (unpaired) electrons. The molecule has 0 spiro atoms. The standard InChI is InChI=1S/C7H14O3S/c1-7(2,9)5-11-4-6(8)10-3/h9H,4-5H2,1-3H3. The summed E-state index contributed by atoms with van der Waals surface area (Å²) in [6, 6.07) is 0. The fourth-order valence-corrected chi connectivity index (χ4v) is 1.33. The van der Waals surface area contributed by atoms with Crippen LogP contribution >= 0.6 is 11.8 Å². The first kappa shape index (κ1) is 10.8. The summed E-state index contributed by atoms with van der Waals surface area (Å²) in [4.78, 5) is 10.6. The van der Waals surface area contributed by atoms with Crippen molar-refractivity contribution in [3.05, 3.63) is 0 Å². The fraction of sp³-hybridized carbons (Fsp3) is 0.857. The Morgan fingerprint density at radius 2 is 2.18 bits per heavy atom. The molecule has 0 rings (SSSR count). The quantitative estimate of drug-likeness (QED) is 0.642. The summed E-state index contributed by atoms with van der Waals surface area (Å²) in [6.07, 6.45) is 0. The molecular weight excluding hydrogens is 164 g/mol. The average molecular weight is 178 g/mol. The molecule has 1 N–H and O–H groups in total. The van der Waals surface area contributed by atoms with E-state index in [0.29, 0.717) is 11.5 Å². The SMILES string of the molecule is COC(=O)CSCC(C)(C)O. The van der Waals surface area contributed by atoms with E-state index < -0.39 is 5.60 Å². The summed E-state index contributed by atoms with van der Waals surface area (Å²) < 4.78 is 4.42. The van der Waals surface area contributed by atoms with Crippen LogP contribution in [0, 0.1) is 0 Å². The number of rotatable bonds is 4. The van der Waals surface area contributed by atoms with Crippen molar-refractivity contribution in [3.63, 3.8) is 0 Å². The summed E-state index contributed by atoms with van der Waals surface area (Å²) in [5.41, 5.74) is -0.710. The van der Waals surface area contributed by atoms with E-state index in [9.17, 15) is 9.90 Å². The van der Waals surface area contributed by atoms with E-state index >= 15 is 0 Å². The molecule has 0 bridgehead atoms. The second-order valence-electron chi connectivity index (χ2n) is 2.88. The van der Waals surface area contributed by atoms with Gasteiger partial charge in [0.15, 0.2) is 0 Å². The third-order valence-corrected chi connectivity index (χ3v) is 2.25. The molecule has 0 aliphatic rings. The maximum Gasteiger partial charge on any atom is 0.315 e. The molecule has 0 aromatic heterocycles. The molecule has 0 saturated heterocycles. The number of carbonyl (C=O) groups excluding carboxylic acids is 1. The zero-order chi connectivity index (χ0) is 8.91. The van der Waals surface area contributed by atoms with E-state index in [-0.39, 0.29) is 5.97 Å². The van der Waals surface area contributed by atoms with Gasteiger partial charge in [-0.15, -0.1) is 11.8 Å². The van der Waals surface area contributed by atoms with Crippen LogP contribution in [0.2, 0.25) is 0 Å². The summed E-state index contributed by atoms with van der Waals surface area (Å²) in [5, 5.41) is 9.23. The highest BCUT2D eigenvalue weighted by Gasteiger charge is 2.13. The molecule has 3 nitrogen and oxygen atoms in total. The zero-order valence-electron chi connectivity index (χ0n) is 7.09. The monoisotopic (exact) mass is 178 g/mol. The Kier molecular flexibility index (Phi) is 4.52. The Balaban J connectivity index is 3.35. The number of carbonyl (C=O) groups is 1. The number of hydrogen-bond donors (Lipinski definition) is 1. The van der Waals surface area contributed by atoms with E-state index in [0.717, 1.165) is 0 Å². The Labute approximate surface area is 71.1 Å². The minimum absolute atomic E-state index is 0.251. The van der Waals surface area contributed by atoms with E-state index in [1.807, 2.05) is 0 Å².